The minimum absolute atomic E-state index is 0. The Morgan fingerprint density at radius 3 is 2.70 bits per heavy atom. The molecule has 2 N–H and O–H groups in total. The molecule has 5 nitrogen and oxygen atoms in total. The first-order chi connectivity index (χ1) is 8.62. The van der Waals surface area contributed by atoms with E-state index in [9.17, 15) is 4.79 Å². The van der Waals surface area contributed by atoms with Crippen molar-refractivity contribution in [3.63, 3.8) is 0 Å². The van der Waals surface area contributed by atoms with Crippen LogP contribution in [0.1, 0.15) is 25.3 Å². The molecule has 0 saturated heterocycles. The van der Waals surface area contributed by atoms with Gasteiger partial charge in [0.05, 0.1) is 18.7 Å². The molecule has 118 valence electrons. The van der Waals surface area contributed by atoms with Gasteiger partial charge in [-0.3, -0.25) is 4.79 Å². The average Bonchev–Trinajstić information content (AvgIpc) is 2.89. The van der Waals surface area contributed by atoms with Crippen LogP contribution < -0.4 is 10.6 Å². The number of amides is 1. The molecule has 1 unspecified atom stereocenters. The number of nitrogens with zero attached hydrogens (tertiary/aromatic N) is 1. The summed E-state index contributed by atoms with van der Waals surface area (Å²) >= 11 is 1.56. The molecule has 0 saturated carbocycles. The highest BCUT2D eigenvalue weighted by Gasteiger charge is 2.28. The molecule has 1 amide bonds. The van der Waals surface area contributed by atoms with Crippen LogP contribution in [0.3, 0.4) is 0 Å². The van der Waals surface area contributed by atoms with Gasteiger partial charge in [-0.15, -0.1) is 36.2 Å². The smallest absolute Gasteiger partial charge is 0.234 e. The van der Waals surface area contributed by atoms with Gasteiger partial charge in [-0.2, -0.15) is 0 Å². The maximum Gasteiger partial charge on any atom is 0.234 e. The Kier molecular flexibility index (Phi) is 12.3. The fraction of sp³-hybridized carbons (Fsp3) is 0.667. The molecule has 0 aromatic carbocycles. The van der Waals surface area contributed by atoms with Crippen molar-refractivity contribution < 1.29 is 9.53 Å². The highest BCUT2D eigenvalue weighted by molar-refractivity contribution is 7.09. The van der Waals surface area contributed by atoms with E-state index in [4.69, 9.17) is 4.74 Å². The largest absolute Gasteiger partial charge is 0.383 e. The van der Waals surface area contributed by atoms with Crippen molar-refractivity contribution in [1.29, 1.82) is 0 Å². The summed E-state index contributed by atoms with van der Waals surface area (Å²) in [6, 6.07) is 0. The van der Waals surface area contributed by atoms with E-state index < -0.39 is 0 Å². The third-order valence-corrected chi connectivity index (χ3v) is 3.83. The highest BCUT2D eigenvalue weighted by Crippen LogP contribution is 2.25. The zero-order valence-corrected chi connectivity index (χ0v) is 14.4. The van der Waals surface area contributed by atoms with E-state index in [1.165, 1.54) is 0 Å². The van der Waals surface area contributed by atoms with E-state index >= 15 is 0 Å². The van der Waals surface area contributed by atoms with Crippen molar-refractivity contribution in [2.75, 3.05) is 26.8 Å². The summed E-state index contributed by atoms with van der Waals surface area (Å²) in [6.07, 6.45) is 2.57. The first-order valence-electron chi connectivity index (χ1n) is 6.03. The van der Waals surface area contributed by atoms with Gasteiger partial charge in [0.1, 0.15) is 5.01 Å². The van der Waals surface area contributed by atoms with Gasteiger partial charge in [-0.25, -0.2) is 4.98 Å². The van der Waals surface area contributed by atoms with Gasteiger partial charge < -0.3 is 15.4 Å². The van der Waals surface area contributed by atoms with Crippen LogP contribution >= 0.6 is 36.2 Å². The van der Waals surface area contributed by atoms with Gasteiger partial charge in [0.15, 0.2) is 0 Å². The number of hydrogen-bond donors (Lipinski definition) is 2. The van der Waals surface area contributed by atoms with Crippen molar-refractivity contribution in [2.24, 2.45) is 0 Å². The number of thiazole rings is 1. The third kappa shape index (κ3) is 6.85. The van der Waals surface area contributed by atoms with Crippen LogP contribution in [0.15, 0.2) is 11.6 Å². The molecular weight excluding hydrogens is 321 g/mol. The lowest BCUT2D eigenvalue weighted by Gasteiger charge is -2.27. The molecule has 1 aromatic rings. The van der Waals surface area contributed by atoms with Gasteiger partial charge in [0.25, 0.3) is 0 Å². The van der Waals surface area contributed by atoms with Crippen molar-refractivity contribution in [3.05, 3.63) is 16.6 Å². The Morgan fingerprint density at radius 2 is 2.20 bits per heavy atom. The lowest BCUT2D eigenvalue weighted by molar-refractivity contribution is -0.122. The highest BCUT2D eigenvalue weighted by atomic mass is 35.5. The Hall–Kier alpha value is -0.400. The number of nitrogens with one attached hydrogen (secondary N) is 2. The standard InChI is InChI=1S/C12H21N3O2S.2ClH/c1-4-12(2,11-14-6-8-18-11)15-10(16)9-13-5-7-17-3;;/h6,8,13H,4-5,7,9H2,1-3H3,(H,15,16);2*1H. The van der Waals surface area contributed by atoms with Crippen molar-refractivity contribution >= 4 is 42.1 Å². The topological polar surface area (TPSA) is 63.2 Å². The number of ether oxygens (including phenoxy) is 1. The van der Waals surface area contributed by atoms with Crippen LogP contribution in [0.25, 0.3) is 0 Å². The Morgan fingerprint density at radius 1 is 1.50 bits per heavy atom. The molecule has 0 aliphatic carbocycles. The Labute approximate surface area is 136 Å². The van der Waals surface area contributed by atoms with Crippen LogP contribution in [0.2, 0.25) is 0 Å². The number of carbonyl (C=O) groups excluding carboxylic acids is 1. The summed E-state index contributed by atoms with van der Waals surface area (Å²) in [4.78, 5) is 16.1. The van der Waals surface area contributed by atoms with Crippen LogP contribution in [0, 0.1) is 0 Å². The zero-order valence-electron chi connectivity index (χ0n) is 12.0. The molecule has 8 heteroatoms. The second-order valence-corrected chi connectivity index (χ2v) is 5.14. The van der Waals surface area contributed by atoms with E-state index in [0.29, 0.717) is 19.7 Å². The molecule has 1 heterocycles. The number of rotatable bonds is 8. The lowest BCUT2D eigenvalue weighted by Crippen LogP contribution is -2.46. The SMILES string of the molecule is CCC(C)(NC(=O)CNCCOC)c1nccs1.Cl.Cl. The van der Waals surface area contributed by atoms with Crippen molar-refractivity contribution in [2.45, 2.75) is 25.8 Å². The fourth-order valence-corrected chi connectivity index (χ4v) is 2.34. The van der Waals surface area contributed by atoms with E-state index in [0.717, 1.165) is 11.4 Å². The summed E-state index contributed by atoms with van der Waals surface area (Å²) in [6.45, 7) is 5.61. The number of carbonyl (C=O) groups is 1. The first-order valence-corrected chi connectivity index (χ1v) is 6.91. The second kappa shape index (κ2) is 11.3. The Bertz CT molecular complexity index is 366. The van der Waals surface area contributed by atoms with Gasteiger partial charge in [-0.1, -0.05) is 6.92 Å². The molecule has 0 bridgehead atoms. The van der Waals surface area contributed by atoms with E-state index in [1.807, 2.05) is 19.2 Å². The van der Waals surface area contributed by atoms with Gasteiger partial charge in [0.2, 0.25) is 5.91 Å². The predicted octanol–water partition coefficient (Wildman–Crippen LogP) is 1.96. The summed E-state index contributed by atoms with van der Waals surface area (Å²) in [5.74, 6) is -0.0225. The summed E-state index contributed by atoms with van der Waals surface area (Å²) in [7, 11) is 1.64. The first kappa shape index (κ1) is 21.9. The molecule has 0 aliphatic rings. The molecule has 0 fully saturated rings. The van der Waals surface area contributed by atoms with E-state index in [-0.39, 0.29) is 36.3 Å². The molecule has 1 atom stereocenters. The third-order valence-electron chi connectivity index (χ3n) is 2.80. The van der Waals surface area contributed by atoms with Gasteiger partial charge >= 0.3 is 0 Å². The van der Waals surface area contributed by atoms with Crippen LogP contribution in [-0.2, 0) is 15.1 Å². The predicted molar refractivity (Wildman–Crippen MR) is 87.1 cm³/mol. The van der Waals surface area contributed by atoms with Crippen LogP contribution in [0.5, 0.6) is 0 Å². The summed E-state index contributed by atoms with van der Waals surface area (Å²) < 4.78 is 4.90. The zero-order chi connectivity index (χ0) is 13.4. The number of hydrogen-bond acceptors (Lipinski definition) is 5. The summed E-state index contributed by atoms with van der Waals surface area (Å²) in [5, 5.41) is 8.91. The maximum atomic E-state index is 11.8. The quantitative estimate of drug-likeness (QED) is 0.708. The average molecular weight is 344 g/mol. The lowest BCUT2D eigenvalue weighted by atomic mass is 10.00. The van der Waals surface area contributed by atoms with Crippen LogP contribution in [-0.4, -0.2) is 37.7 Å². The minimum Gasteiger partial charge on any atom is -0.383 e. The van der Waals surface area contributed by atoms with Crippen molar-refractivity contribution in [1.82, 2.24) is 15.6 Å². The van der Waals surface area contributed by atoms with Crippen LogP contribution in [0.4, 0.5) is 0 Å². The number of halogens is 2. The molecule has 1 aromatic heterocycles. The monoisotopic (exact) mass is 343 g/mol. The number of aromatic nitrogens is 1. The normalized spacial score (nSPS) is 12.8. The second-order valence-electron chi connectivity index (χ2n) is 4.24. The number of methoxy groups -OCH3 is 1. The molecule has 20 heavy (non-hydrogen) atoms. The fourth-order valence-electron chi connectivity index (χ4n) is 1.52. The summed E-state index contributed by atoms with van der Waals surface area (Å²) in [5.41, 5.74) is -0.381. The van der Waals surface area contributed by atoms with Gasteiger partial charge in [0, 0.05) is 25.2 Å². The molecule has 1 rings (SSSR count). The van der Waals surface area contributed by atoms with Crippen molar-refractivity contribution in [3.8, 4) is 0 Å². The van der Waals surface area contributed by atoms with Gasteiger partial charge in [-0.05, 0) is 13.3 Å². The molecule has 0 spiro atoms. The maximum absolute atomic E-state index is 11.8. The Balaban J connectivity index is 0. The molecule has 0 radical (unpaired) electrons. The molecule has 0 aliphatic heterocycles. The van der Waals surface area contributed by atoms with E-state index in [1.54, 1.807) is 24.6 Å². The molecular formula is C12H23Cl2N3O2S. The van der Waals surface area contributed by atoms with E-state index in [2.05, 4.69) is 15.6 Å². The minimum atomic E-state index is -0.381.